The minimum absolute atomic E-state index is 0.101. The second-order valence-electron chi connectivity index (χ2n) is 7.13. The number of hydrogen-bond acceptors (Lipinski definition) is 5. The molecule has 4 rings (SSSR count). The molecule has 2 N–H and O–H groups in total. The number of nitrogens with one attached hydrogen (secondary N) is 2. The monoisotopic (exact) mass is 444 g/mol. The van der Waals surface area contributed by atoms with Gasteiger partial charge in [-0.1, -0.05) is 29.8 Å². The van der Waals surface area contributed by atoms with Gasteiger partial charge in [0.25, 0.3) is 11.8 Å². The van der Waals surface area contributed by atoms with E-state index in [1.165, 1.54) is 11.3 Å². The highest BCUT2D eigenvalue weighted by Gasteiger charge is 2.21. The quantitative estimate of drug-likeness (QED) is 0.449. The van der Waals surface area contributed by atoms with Crippen molar-refractivity contribution in [3.63, 3.8) is 0 Å². The minimum Gasteiger partial charge on any atom is -0.497 e. The molecule has 2 amide bonds. The maximum absolute atomic E-state index is 13.2. The van der Waals surface area contributed by atoms with Gasteiger partial charge in [-0.3, -0.25) is 14.4 Å². The Morgan fingerprint density at radius 3 is 2.22 bits per heavy atom. The van der Waals surface area contributed by atoms with Gasteiger partial charge in [0.2, 0.25) is 5.43 Å². The standard InChI is InChI=1S/C25H20N2O4S/c1-15-7-11-17(12-8-15)26-24(30)21-22(28)19-5-3-4-6-20(19)32-25(21)27-23(29)16-9-13-18(31-2)14-10-16/h3-14H,1-2H3,(H,26,30)(H,27,29). The molecule has 160 valence electrons. The van der Waals surface area contributed by atoms with Crippen molar-refractivity contribution < 1.29 is 14.3 Å². The van der Waals surface area contributed by atoms with E-state index >= 15 is 0 Å². The summed E-state index contributed by atoms with van der Waals surface area (Å²) in [6.45, 7) is 1.94. The van der Waals surface area contributed by atoms with Crippen molar-refractivity contribution in [2.75, 3.05) is 17.7 Å². The van der Waals surface area contributed by atoms with Crippen molar-refractivity contribution in [2.45, 2.75) is 6.92 Å². The normalized spacial score (nSPS) is 10.6. The van der Waals surface area contributed by atoms with Crippen LogP contribution in [0.1, 0.15) is 26.3 Å². The average molecular weight is 445 g/mol. The summed E-state index contributed by atoms with van der Waals surface area (Å²) in [5.41, 5.74) is 1.45. The molecule has 0 aliphatic heterocycles. The number of carbonyl (C=O) groups excluding carboxylic acids is 2. The van der Waals surface area contributed by atoms with Crippen molar-refractivity contribution in [3.8, 4) is 5.75 Å². The van der Waals surface area contributed by atoms with Gasteiger partial charge in [0.15, 0.2) is 0 Å². The topological polar surface area (TPSA) is 84.5 Å². The summed E-state index contributed by atoms with van der Waals surface area (Å²) in [6, 6.07) is 20.8. The average Bonchev–Trinajstić information content (AvgIpc) is 2.80. The smallest absolute Gasteiger partial charge is 0.262 e. The third-order valence-corrected chi connectivity index (χ3v) is 6.00. The summed E-state index contributed by atoms with van der Waals surface area (Å²) in [5, 5.41) is 6.13. The van der Waals surface area contributed by atoms with E-state index in [1.807, 2.05) is 19.1 Å². The lowest BCUT2D eigenvalue weighted by Gasteiger charge is -2.12. The first kappa shape index (κ1) is 21.3. The Hall–Kier alpha value is -3.97. The van der Waals surface area contributed by atoms with Crippen LogP contribution in [-0.2, 0) is 0 Å². The number of anilines is 2. The molecule has 0 bridgehead atoms. The van der Waals surface area contributed by atoms with Crippen molar-refractivity contribution >= 4 is 43.9 Å². The fourth-order valence-electron chi connectivity index (χ4n) is 3.18. The summed E-state index contributed by atoms with van der Waals surface area (Å²) in [7, 11) is 1.54. The fourth-order valence-corrected chi connectivity index (χ4v) is 4.25. The Bertz CT molecular complexity index is 1360. The second kappa shape index (κ2) is 9.03. The summed E-state index contributed by atoms with van der Waals surface area (Å²) >= 11 is 1.18. The number of carbonyl (C=O) groups is 2. The van der Waals surface area contributed by atoms with E-state index in [0.717, 1.165) is 5.56 Å². The van der Waals surface area contributed by atoms with E-state index in [1.54, 1.807) is 67.8 Å². The first-order chi connectivity index (χ1) is 15.5. The lowest BCUT2D eigenvalue weighted by Crippen LogP contribution is -2.25. The third-order valence-electron chi connectivity index (χ3n) is 4.91. The number of ether oxygens (including phenoxy) is 1. The highest BCUT2D eigenvalue weighted by atomic mass is 32.1. The number of fused-ring (bicyclic) bond motifs is 1. The predicted molar refractivity (Wildman–Crippen MR) is 128 cm³/mol. The molecule has 0 spiro atoms. The number of benzene rings is 3. The molecule has 0 aliphatic carbocycles. The van der Waals surface area contributed by atoms with E-state index in [4.69, 9.17) is 4.74 Å². The highest BCUT2D eigenvalue weighted by Crippen LogP contribution is 2.28. The molecule has 32 heavy (non-hydrogen) atoms. The van der Waals surface area contributed by atoms with Gasteiger partial charge in [-0.05, 0) is 55.5 Å². The molecule has 0 atom stereocenters. The lowest BCUT2D eigenvalue weighted by atomic mass is 10.1. The van der Waals surface area contributed by atoms with Crippen molar-refractivity contribution in [2.24, 2.45) is 0 Å². The van der Waals surface area contributed by atoms with Crippen LogP contribution < -0.4 is 20.8 Å². The first-order valence-corrected chi connectivity index (χ1v) is 10.7. The van der Waals surface area contributed by atoms with Crippen LogP contribution in [-0.4, -0.2) is 18.9 Å². The van der Waals surface area contributed by atoms with Gasteiger partial charge in [-0.25, -0.2) is 0 Å². The Balaban J connectivity index is 1.74. The molecular formula is C25H20N2O4S. The van der Waals surface area contributed by atoms with Crippen LogP contribution in [0.4, 0.5) is 10.7 Å². The Morgan fingerprint density at radius 2 is 1.53 bits per heavy atom. The molecule has 0 fully saturated rings. The minimum atomic E-state index is -0.578. The van der Waals surface area contributed by atoms with Gasteiger partial charge in [-0.2, -0.15) is 0 Å². The molecule has 0 unspecified atom stereocenters. The molecule has 7 heteroatoms. The summed E-state index contributed by atoms with van der Waals surface area (Å²) in [5.74, 6) is -0.385. The maximum atomic E-state index is 13.2. The van der Waals surface area contributed by atoms with Gasteiger partial charge < -0.3 is 15.4 Å². The zero-order valence-electron chi connectivity index (χ0n) is 17.5. The molecule has 0 saturated carbocycles. The van der Waals surface area contributed by atoms with Crippen LogP contribution in [0.3, 0.4) is 0 Å². The van der Waals surface area contributed by atoms with Gasteiger partial charge in [0, 0.05) is 21.3 Å². The summed E-state index contributed by atoms with van der Waals surface area (Å²) in [6.07, 6.45) is 0. The SMILES string of the molecule is COc1ccc(C(=O)Nc2sc3ccccc3c(=O)c2C(=O)Nc2ccc(C)cc2)cc1. The number of hydrogen-bond donors (Lipinski definition) is 2. The molecular weight excluding hydrogens is 424 g/mol. The van der Waals surface area contributed by atoms with E-state index in [9.17, 15) is 14.4 Å². The molecule has 4 aromatic rings. The molecule has 6 nitrogen and oxygen atoms in total. The lowest BCUT2D eigenvalue weighted by molar-refractivity contribution is 0.102. The van der Waals surface area contributed by atoms with Gasteiger partial charge in [0.1, 0.15) is 16.3 Å². The molecule has 3 aromatic carbocycles. The van der Waals surface area contributed by atoms with Crippen molar-refractivity contribution in [3.05, 3.63) is 99.7 Å². The van der Waals surface area contributed by atoms with Crippen LogP contribution in [0.2, 0.25) is 0 Å². The van der Waals surface area contributed by atoms with Gasteiger partial charge in [0.05, 0.1) is 7.11 Å². The van der Waals surface area contributed by atoms with Crippen molar-refractivity contribution in [1.82, 2.24) is 0 Å². The van der Waals surface area contributed by atoms with Crippen LogP contribution in [0, 0.1) is 6.92 Å². The number of aryl methyl sites for hydroxylation is 1. The van der Waals surface area contributed by atoms with Crippen LogP contribution in [0.15, 0.2) is 77.6 Å². The Labute approximate surface area is 188 Å². The highest BCUT2D eigenvalue weighted by molar-refractivity contribution is 7.22. The van der Waals surface area contributed by atoms with Crippen LogP contribution >= 0.6 is 11.3 Å². The number of amides is 2. The molecule has 0 aliphatic rings. The third kappa shape index (κ3) is 4.38. The van der Waals surface area contributed by atoms with E-state index in [0.29, 0.717) is 27.1 Å². The van der Waals surface area contributed by atoms with Gasteiger partial charge >= 0.3 is 0 Å². The van der Waals surface area contributed by atoms with Gasteiger partial charge in [-0.15, -0.1) is 11.3 Å². The maximum Gasteiger partial charge on any atom is 0.262 e. The largest absolute Gasteiger partial charge is 0.497 e. The number of methoxy groups -OCH3 is 1. The van der Waals surface area contributed by atoms with E-state index in [2.05, 4.69) is 10.6 Å². The van der Waals surface area contributed by atoms with E-state index < -0.39 is 17.2 Å². The second-order valence-corrected chi connectivity index (χ2v) is 8.19. The predicted octanol–water partition coefficient (Wildman–Crippen LogP) is 5.08. The number of rotatable bonds is 5. The molecule has 1 heterocycles. The van der Waals surface area contributed by atoms with E-state index in [-0.39, 0.29) is 10.6 Å². The molecule has 1 aromatic heterocycles. The Kier molecular flexibility index (Phi) is 6.00. The molecule has 0 saturated heterocycles. The summed E-state index contributed by atoms with van der Waals surface area (Å²) in [4.78, 5) is 39.2. The zero-order chi connectivity index (χ0) is 22.7. The first-order valence-electron chi connectivity index (χ1n) is 9.85. The van der Waals surface area contributed by atoms with Crippen LogP contribution in [0.5, 0.6) is 5.75 Å². The van der Waals surface area contributed by atoms with Crippen molar-refractivity contribution in [1.29, 1.82) is 0 Å². The Morgan fingerprint density at radius 1 is 0.844 bits per heavy atom. The fraction of sp³-hybridized carbons (Fsp3) is 0.0800. The molecule has 0 radical (unpaired) electrons. The summed E-state index contributed by atoms with van der Waals surface area (Å²) < 4.78 is 5.80. The van der Waals surface area contributed by atoms with Crippen LogP contribution in [0.25, 0.3) is 10.1 Å². The zero-order valence-corrected chi connectivity index (χ0v) is 18.3.